The Labute approximate surface area is 118 Å². The van der Waals surface area contributed by atoms with Gasteiger partial charge in [-0.1, -0.05) is 24.3 Å². The Morgan fingerprint density at radius 2 is 2.15 bits per heavy atom. The van der Waals surface area contributed by atoms with Gasteiger partial charge in [0.1, 0.15) is 0 Å². The number of nitrogens with zero attached hydrogens (tertiary/aromatic N) is 1. The van der Waals surface area contributed by atoms with Crippen molar-refractivity contribution in [1.29, 1.82) is 0 Å². The summed E-state index contributed by atoms with van der Waals surface area (Å²) in [7, 11) is 0. The number of aromatic nitrogens is 1. The van der Waals surface area contributed by atoms with Crippen molar-refractivity contribution in [2.75, 3.05) is 6.54 Å². The highest BCUT2D eigenvalue weighted by Crippen LogP contribution is 2.22. The van der Waals surface area contributed by atoms with Crippen molar-refractivity contribution in [2.45, 2.75) is 25.3 Å². The van der Waals surface area contributed by atoms with Crippen molar-refractivity contribution in [3.05, 3.63) is 42.2 Å². The third-order valence-electron chi connectivity index (χ3n) is 3.80. The maximum atomic E-state index is 12.2. The molecule has 0 radical (unpaired) electrons. The zero-order valence-electron chi connectivity index (χ0n) is 11.4. The van der Waals surface area contributed by atoms with Crippen molar-refractivity contribution in [3.63, 3.8) is 0 Å². The number of carbonyl (C=O) groups excluding carboxylic acids is 1. The molecule has 4 heteroatoms. The van der Waals surface area contributed by atoms with Gasteiger partial charge in [-0.25, -0.2) is 0 Å². The second kappa shape index (κ2) is 5.59. The molecule has 1 aromatic heterocycles. The van der Waals surface area contributed by atoms with Crippen LogP contribution in [0.5, 0.6) is 0 Å². The molecular weight excluding hydrogens is 250 g/mol. The van der Waals surface area contributed by atoms with Gasteiger partial charge in [0.2, 0.25) is 5.91 Å². The lowest BCUT2D eigenvalue weighted by atomic mass is 9.96. The van der Waals surface area contributed by atoms with Crippen molar-refractivity contribution < 1.29 is 4.79 Å². The minimum atomic E-state index is -0.178. The summed E-state index contributed by atoms with van der Waals surface area (Å²) in [4.78, 5) is 16.4. The Balaban J connectivity index is 1.81. The van der Waals surface area contributed by atoms with E-state index in [2.05, 4.69) is 16.4 Å². The molecule has 1 amide bonds. The largest absolute Gasteiger partial charge is 0.353 e. The number of hydrogen-bond acceptors (Lipinski definition) is 3. The number of rotatable bonds is 5. The molecule has 1 heterocycles. The van der Waals surface area contributed by atoms with Crippen LogP contribution in [0.25, 0.3) is 10.8 Å². The molecule has 20 heavy (non-hydrogen) atoms. The molecule has 2 aromatic rings. The van der Waals surface area contributed by atoms with Crippen molar-refractivity contribution in [1.82, 2.24) is 10.3 Å². The highest BCUT2D eigenvalue weighted by molar-refractivity contribution is 5.86. The molecule has 1 saturated carbocycles. The van der Waals surface area contributed by atoms with Gasteiger partial charge in [-0.05, 0) is 30.2 Å². The fourth-order valence-corrected chi connectivity index (χ4v) is 2.44. The molecule has 0 saturated heterocycles. The predicted molar refractivity (Wildman–Crippen MR) is 79.2 cm³/mol. The summed E-state index contributed by atoms with van der Waals surface area (Å²) in [6.07, 6.45) is 6.52. The van der Waals surface area contributed by atoms with Crippen LogP contribution in [0.4, 0.5) is 0 Å². The molecule has 1 aromatic carbocycles. The van der Waals surface area contributed by atoms with Crippen LogP contribution >= 0.6 is 0 Å². The Bertz CT molecular complexity index is 617. The number of hydrogen-bond donors (Lipinski definition) is 2. The molecule has 4 nitrogen and oxygen atoms in total. The first kappa shape index (κ1) is 13.1. The Hall–Kier alpha value is -1.94. The molecule has 3 rings (SSSR count). The maximum Gasteiger partial charge on any atom is 0.224 e. The first-order valence-corrected chi connectivity index (χ1v) is 7.10. The predicted octanol–water partition coefficient (Wildman–Crippen LogP) is 1.63. The summed E-state index contributed by atoms with van der Waals surface area (Å²) in [5.74, 6) is -0.105. The summed E-state index contributed by atoms with van der Waals surface area (Å²) in [6, 6.07) is 8.48. The molecule has 1 unspecified atom stereocenters. The molecule has 1 atom stereocenters. The van der Waals surface area contributed by atoms with Gasteiger partial charge in [-0.2, -0.15) is 0 Å². The Morgan fingerprint density at radius 3 is 2.90 bits per heavy atom. The Kier molecular flexibility index (Phi) is 3.65. The van der Waals surface area contributed by atoms with Crippen molar-refractivity contribution >= 4 is 16.7 Å². The van der Waals surface area contributed by atoms with Crippen LogP contribution in [0.1, 0.15) is 18.4 Å². The van der Waals surface area contributed by atoms with Gasteiger partial charge in [0.05, 0.1) is 5.92 Å². The van der Waals surface area contributed by atoms with Crippen LogP contribution in [0.3, 0.4) is 0 Å². The van der Waals surface area contributed by atoms with Crippen molar-refractivity contribution in [2.24, 2.45) is 11.7 Å². The SMILES string of the molecule is NCC(Cc1cncc2ccccc12)C(=O)NC1CC1. The van der Waals surface area contributed by atoms with E-state index < -0.39 is 0 Å². The molecule has 1 aliphatic rings. The second-order valence-electron chi connectivity index (χ2n) is 5.44. The third kappa shape index (κ3) is 2.80. The van der Waals surface area contributed by atoms with E-state index in [0.717, 1.165) is 29.2 Å². The van der Waals surface area contributed by atoms with Crippen LogP contribution in [0, 0.1) is 5.92 Å². The van der Waals surface area contributed by atoms with E-state index in [4.69, 9.17) is 5.73 Å². The van der Waals surface area contributed by atoms with Gasteiger partial charge in [0.25, 0.3) is 0 Å². The summed E-state index contributed by atoms with van der Waals surface area (Å²) in [6.45, 7) is 0.363. The average Bonchev–Trinajstić information content (AvgIpc) is 3.28. The lowest BCUT2D eigenvalue weighted by Gasteiger charge is -2.15. The third-order valence-corrected chi connectivity index (χ3v) is 3.80. The average molecular weight is 269 g/mol. The first-order chi connectivity index (χ1) is 9.78. The molecule has 1 aliphatic carbocycles. The van der Waals surface area contributed by atoms with E-state index in [9.17, 15) is 4.79 Å². The standard InChI is InChI=1S/C16H19N3O/c17-8-12(16(20)19-14-5-6-14)7-13-10-18-9-11-3-1-2-4-15(11)13/h1-4,9-10,12,14H,5-8,17H2,(H,19,20). The quantitative estimate of drug-likeness (QED) is 0.867. The topological polar surface area (TPSA) is 68.0 Å². The van der Waals surface area contributed by atoms with Gasteiger partial charge < -0.3 is 11.1 Å². The molecule has 0 spiro atoms. The van der Waals surface area contributed by atoms with Crippen LogP contribution in [0.2, 0.25) is 0 Å². The summed E-state index contributed by atoms with van der Waals surface area (Å²) >= 11 is 0. The molecule has 3 N–H and O–H groups in total. The van der Waals surface area contributed by atoms with Gasteiger partial charge in [-0.3, -0.25) is 9.78 Å². The van der Waals surface area contributed by atoms with E-state index in [1.54, 1.807) is 0 Å². The highest BCUT2D eigenvalue weighted by Gasteiger charge is 2.27. The number of fused-ring (bicyclic) bond motifs is 1. The minimum Gasteiger partial charge on any atom is -0.353 e. The Morgan fingerprint density at radius 1 is 1.35 bits per heavy atom. The lowest BCUT2D eigenvalue weighted by Crippen LogP contribution is -2.37. The molecular formula is C16H19N3O. The van der Waals surface area contributed by atoms with E-state index in [1.807, 2.05) is 30.6 Å². The summed E-state index contributed by atoms with van der Waals surface area (Å²) < 4.78 is 0. The van der Waals surface area contributed by atoms with Gasteiger partial charge in [0, 0.05) is 30.4 Å². The van der Waals surface area contributed by atoms with Crippen LogP contribution < -0.4 is 11.1 Å². The fraction of sp³-hybridized carbons (Fsp3) is 0.375. The number of carbonyl (C=O) groups is 1. The zero-order valence-corrected chi connectivity index (χ0v) is 11.4. The van der Waals surface area contributed by atoms with Crippen LogP contribution in [0.15, 0.2) is 36.7 Å². The van der Waals surface area contributed by atoms with Gasteiger partial charge in [-0.15, -0.1) is 0 Å². The smallest absolute Gasteiger partial charge is 0.224 e. The second-order valence-corrected chi connectivity index (χ2v) is 5.44. The molecule has 104 valence electrons. The zero-order chi connectivity index (χ0) is 13.9. The summed E-state index contributed by atoms with van der Waals surface area (Å²) in [5.41, 5.74) is 6.87. The molecule has 1 fully saturated rings. The van der Waals surface area contributed by atoms with Crippen LogP contribution in [-0.2, 0) is 11.2 Å². The number of amides is 1. The normalized spacial score (nSPS) is 16.1. The van der Waals surface area contributed by atoms with E-state index >= 15 is 0 Å². The monoisotopic (exact) mass is 269 g/mol. The van der Waals surface area contributed by atoms with Crippen molar-refractivity contribution in [3.8, 4) is 0 Å². The number of nitrogens with two attached hydrogens (primary N) is 1. The number of pyridine rings is 1. The van der Waals surface area contributed by atoms with E-state index in [-0.39, 0.29) is 11.8 Å². The minimum absolute atomic E-state index is 0.0722. The first-order valence-electron chi connectivity index (χ1n) is 7.10. The van der Waals surface area contributed by atoms with Gasteiger partial charge in [0.15, 0.2) is 0 Å². The molecule has 0 bridgehead atoms. The maximum absolute atomic E-state index is 12.2. The van der Waals surface area contributed by atoms with Crippen LogP contribution in [-0.4, -0.2) is 23.5 Å². The fourth-order valence-electron chi connectivity index (χ4n) is 2.44. The number of nitrogens with one attached hydrogen (secondary N) is 1. The van der Waals surface area contributed by atoms with E-state index in [0.29, 0.717) is 19.0 Å². The summed E-state index contributed by atoms with van der Waals surface area (Å²) in [5, 5.41) is 5.29. The number of benzene rings is 1. The lowest BCUT2D eigenvalue weighted by molar-refractivity contribution is -0.124. The van der Waals surface area contributed by atoms with Gasteiger partial charge >= 0.3 is 0 Å². The molecule has 0 aliphatic heterocycles. The highest BCUT2D eigenvalue weighted by atomic mass is 16.2. The van der Waals surface area contributed by atoms with E-state index in [1.165, 1.54) is 0 Å².